The van der Waals surface area contributed by atoms with Crippen LogP contribution in [0.1, 0.15) is 12.5 Å². The maximum atomic E-state index is 10.9. The first-order chi connectivity index (χ1) is 9.10. The molecule has 2 aromatic rings. The zero-order valence-electron chi connectivity index (χ0n) is 10.8. The van der Waals surface area contributed by atoms with Gasteiger partial charge in [-0.05, 0) is 0 Å². The molecule has 0 aliphatic heterocycles. The van der Waals surface area contributed by atoms with Crippen LogP contribution in [0.2, 0.25) is 0 Å². The van der Waals surface area contributed by atoms with Crippen LogP contribution < -0.4 is 11.1 Å². The van der Waals surface area contributed by atoms with Gasteiger partial charge in [0.25, 0.3) is 0 Å². The van der Waals surface area contributed by atoms with E-state index < -0.39 is 0 Å². The van der Waals surface area contributed by atoms with Gasteiger partial charge in [-0.15, -0.1) is 0 Å². The van der Waals surface area contributed by atoms with Crippen LogP contribution in [0.5, 0.6) is 0 Å². The second-order valence-corrected chi connectivity index (χ2v) is 4.04. The quantitative estimate of drug-likeness (QED) is 0.854. The Morgan fingerprint density at radius 1 is 1.53 bits per heavy atom. The van der Waals surface area contributed by atoms with Crippen molar-refractivity contribution in [3.05, 3.63) is 30.2 Å². The molecular formula is C12H15N5O2. The van der Waals surface area contributed by atoms with Crippen LogP contribution in [0.3, 0.4) is 0 Å². The minimum Gasteiger partial charge on any atom is -0.397 e. The number of nitrogens with one attached hydrogen (secondary N) is 1. The summed E-state index contributed by atoms with van der Waals surface area (Å²) in [6.45, 7) is 1.90. The molecule has 0 aliphatic rings. The third-order valence-electron chi connectivity index (χ3n) is 2.41. The van der Waals surface area contributed by atoms with Crippen molar-refractivity contribution in [3.63, 3.8) is 0 Å². The Balaban J connectivity index is 2.26. The SMILES string of the molecule is COCc1cnn(-c2cnc(NC(C)=O)cc2N)c1. The lowest BCUT2D eigenvalue weighted by molar-refractivity contribution is -0.114. The normalized spacial score (nSPS) is 10.4. The van der Waals surface area contributed by atoms with Gasteiger partial charge in [0.1, 0.15) is 11.5 Å². The van der Waals surface area contributed by atoms with Gasteiger partial charge in [0.2, 0.25) is 5.91 Å². The number of carbonyl (C=O) groups is 1. The van der Waals surface area contributed by atoms with Crippen LogP contribution in [0, 0.1) is 0 Å². The largest absolute Gasteiger partial charge is 0.397 e. The predicted octanol–water partition coefficient (Wildman–Crippen LogP) is 0.954. The first-order valence-electron chi connectivity index (χ1n) is 5.66. The summed E-state index contributed by atoms with van der Waals surface area (Å²) in [4.78, 5) is 15.0. The Bertz CT molecular complexity index is 594. The molecule has 0 bridgehead atoms. The zero-order chi connectivity index (χ0) is 13.8. The summed E-state index contributed by atoms with van der Waals surface area (Å²) in [7, 11) is 1.62. The van der Waals surface area contributed by atoms with Crippen molar-refractivity contribution in [2.45, 2.75) is 13.5 Å². The van der Waals surface area contributed by atoms with E-state index in [1.165, 1.54) is 6.92 Å². The molecule has 2 heterocycles. The van der Waals surface area contributed by atoms with E-state index in [-0.39, 0.29) is 5.91 Å². The van der Waals surface area contributed by atoms with Crippen LogP contribution in [0.25, 0.3) is 5.69 Å². The molecule has 0 spiro atoms. The van der Waals surface area contributed by atoms with Crippen molar-refractivity contribution in [3.8, 4) is 5.69 Å². The van der Waals surface area contributed by atoms with Crippen LogP contribution in [0.15, 0.2) is 24.7 Å². The molecule has 7 heteroatoms. The second kappa shape index (κ2) is 5.49. The van der Waals surface area contributed by atoms with E-state index in [9.17, 15) is 4.79 Å². The number of anilines is 2. The lowest BCUT2D eigenvalue weighted by Crippen LogP contribution is -2.09. The van der Waals surface area contributed by atoms with Gasteiger partial charge in [-0.1, -0.05) is 0 Å². The lowest BCUT2D eigenvalue weighted by Gasteiger charge is -2.07. The fourth-order valence-corrected chi connectivity index (χ4v) is 1.64. The molecule has 3 N–H and O–H groups in total. The van der Waals surface area contributed by atoms with Crippen molar-refractivity contribution in [1.82, 2.24) is 14.8 Å². The van der Waals surface area contributed by atoms with Crippen LogP contribution >= 0.6 is 0 Å². The molecule has 19 heavy (non-hydrogen) atoms. The number of hydrogen-bond donors (Lipinski definition) is 2. The third-order valence-corrected chi connectivity index (χ3v) is 2.41. The number of nitrogens with zero attached hydrogens (tertiary/aromatic N) is 3. The van der Waals surface area contributed by atoms with E-state index in [1.807, 2.05) is 6.20 Å². The number of nitrogen functional groups attached to an aromatic ring is 1. The second-order valence-electron chi connectivity index (χ2n) is 4.04. The predicted molar refractivity (Wildman–Crippen MR) is 70.8 cm³/mol. The summed E-state index contributed by atoms with van der Waals surface area (Å²) >= 11 is 0. The zero-order valence-corrected chi connectivity index (χ0v) is 10.8. The van der Waals surface area contributed by atoms with Crippen molar-refractivity contribution in [1.29, 1.82) is 0 Å². The fraction of sp³-hybridized carbons (Fsp3) is 0.250. The van der Waals surface area contributed by atoms with E-state index in [4.69, 9.17) is 10.5 Å². The number of hydrogen-bond acceptors (Lipinski definition) is 5. The van der Waals surface area contributed by atoms with Gasteiger partial charge in [-0.25, -0.2) is 9.67 Å². The summed E-state index contributed by atoms with van der Waals surface area (Å²) in [5, 5.41) is 6.76. The molecule has 100 valence electrons. The Morgan fingerprint density at radius 3 is 2.95 bits per heavy atom. The van der Waals surface area contributed by atoms with Crippen LogP contribution in [-0.2, 0) is 16.1 Å². The van der Waals surface area contributed by atoms with E-state index >= 15 is 0 Å². The lowest BCUT2D eigenvalue weighted by atomic mass is 10.3. The van der Waals surface area contributed by atoms with Gasteiger partial charge < -0.3 is 15.8 Å². The molecule has 0 radical (unpaired) electrons. The highest BCUT2D eigenvalue weighted by atomic mass is 16.5. The summed E-state index contributed by atoms with van der Waals surface area (Å²) in [6, 6.07) is 1.59. The number of amides is 1. The highest BCUT2D eigenvalue weighted by Crippen LogP contribution is 2.19. The number of carbonyl (C=O) groups excluding carboxylic acids is 1. The Kier molecular flexibility index (Phi) is 3.76. The number of aromatic nitrogens is 3. The van der Waals surface area contributed by atoms with Crippen LogP contribution in [-0.4, -0.2) is 27.8 Å². The van der Waals surface area contributed by atoms with Crippen molar-refractivity contribution >= 4 is 17.4 Å². The summed E-state index contributed by atoms with van der Waals surface area (Å²) in [5.41, 5.74) is 7.99. The number of ether oxygens (including phenoxy) is 1. The molecule has 2 rings (SSSR count). The van der Waals surface area contributed by atoms with Gasteiger partial charge in [0.05, 0.1) is 24.7 Å². The van der Waals surface area contributed by atoms with E-state index in [1.54, 1.807) is 30.3 Å². The van der Waals surface area contributed by atoms with E-state index in [2.05, 4.69) is 15.4 Å². The Labute approximate surface area is 110 Å². The van der Waals surface area contributed by atoms with Gasteiger partial charge in [0.15, 0.2) is 0 Å². The highest BCUT2D eigenvalue weighted by molar-refractivity contribution is 5.88. The van der Waals surface area contributed by atoms with E-state index in [0.29, 0.717) is 23.8 Å². The molecule has 7 nitrogen and oxygen atoms in total. The number of nitrogens with two attached hydrogens (primary N) is 1. The van der Waals surface area contributed by atoms with Crippen molar-refractivity contribution in [2.75, 3.05) is 18.2 Å². The molecular weight excluding hydrogens is 246 g/mol. The molecule has 1 amide bonds. The monoisotopic (exact) mass is 261 g/mol. The maximum Gasteiger partial charge on any atom is 0.222 e. The molecule has 0 unspecified atom stereocenters. The minimum atomic E-state index is -0.193. The summed E-state index contributed by atoms with van der Waals surface area (Å²) in [5.74, 6) is 0.221. The van der Waals surface area contributed by atoms with Crippen molar-refractivity contribution in [2.24, 2.45) is 0 Å². The first kappa shape index (κ1) is 13.0. The molecule has 0 atom stereocenters. The average Bonchev–Trinajstić information content (AvgIpc) is 2.77. The molecule has 0 aromatic carbocycles. The molecule has 0 saturated carbocycles. The smallest absolute Gasteiger partial charge is 0.222 e. The number of methoxy groups -OCH3 is 1. The standard InChI is InChI=1S/C12H15N5O2/c1-8(18)16-12-3-10(13)11(5-14-12)17-6-9(4-15-17)7-19-2/h3-6H,7H2,1-2H3,(H3,13,14,16,18). The minimum absolute atomic E-state index is 0.193. The van der Waals surface area contributed by atoms with Gasteiger partial charge in [-0.3, -0.25) is 4.79 Å². The molecule has 0 fully saturated rings. The highest BCUT2D eigenvalue weighted by Gasteiger charge is 2.07. The van der Waals surface area contributed by atoms with Gasteiger partial charge in [0, 0.05) is 31.9 Å². The van der Waals surface area contributed by atoms with E-state index in [0.717, 1.165) is 5.56 Å². The number of pyridine rings is 1. The molecule has 0 saturated heterocycles. The number of rotatable bonds is 4. The van der Waals surface area contributed by atoms with Crippen molar-refractivity contribution < 1.29 is 9.53 Å². The maximum absolute atomic E-state index is 10.9. The first-order valence-corrected chi connectivity index (χ1v) is 5.66. The molecule has 2 aromatic heterocycles. The Hall–Kier alpha value is -2.41. The summed E-state index contributed by atoms with van der Waals surface area (Å²) in [6.07, 6.45) is 5.07. The van der Waals surface area contributed by atoms with Gasteiger partial charge >= 0.3 is 0 Å². The third kappa shape index (κ3) is 3.08. The Morgan fingerprint density at radius 2 is 2.32 bits per heavy atom. The van der Waals surface area contributed by atoms with Crippen LogP contribution in [0.4, 0.5) is 11.5 Å². The molecule has 0 aliphatic carbocycles. The fourth-order valence-electron chi connectivity index (χ4n) is 1.64. The van der Waals surface area contributed by atoms with Gasteiger partial charge in [-0.2, -0.15) is 5.10 Å². The topological polar surface area (TPSA) is 95.1 Å². The average molecular weight is 261 g/mol. The summed E-state index contributed by atoms with van der Waals surface area (Å²) < 4.78 is 6.64.